The van der Waals surface area contributed by atoms with Gasteiger partial charge in [-0.3, -0.25) is 14.5 Å². The molecule has 2 aliphatic heterocycles. The highest BCUT2D eigenvalue weighted by Crippen LogP contribution is 2.31. The number of hydrogen-bond donors (Lipinski definition) is 2. The smallest absolute Gasteiger partial charge is 0.325 e. The molecule has 3 aromatic rings. The molecule has 3 aromatic carbocycles. The van der Waals surface area contributed by atoms with E-state index in [1.165, 1.54) is 4.90 Å². The molecule has 8 nitrogen and oxygen atoms in total. The Morgan fingerprint density at radius 3 is 2.23 bits per heavy atom. The predicted octanol–water partition coefficient (Wildman–Crippen LogP) is 4.07. The topological polar surface area (TPSA) is 91.0 Å². The summed E-state index contributed by atoms with van der Waals surface area (Å²) < 4.78 is 5.20. The van der Waals surface area contributed by atoms with E-state index in [0.29, 0.717) is 32.4 Å². The van der Waals surface area contributed by atoms with Crippen molar-refractivity contribution in [1.29, 1.82) is 0 Å². The van der Waals surface area contributed by atoms with Crippen LogP contribution in [0.15, 0.2) is 84.9 Å². The van der Waals surface area contributed by atoms with Crippen LogP contribution in [0.5, 0.6) is 5.75 Å². The number of urea groups is 1. The van der Waals surface area contributed by atoms with Crippen LogP contribution < -0.4 is 15.4 Å². The summed E-state index contributed by atoms with van der Waals surface area (Å²) in [7, 11) is 1.60. The van der Waals surface area contributed by atoms with Gasteiger partial charge in [0.05, 0.1) is 26.1 Å². The van der Waals surface area contributed by atoms with E-state index in [9.17, 15) is 14.4 Å². The Balaban J connectivity index is 1.16. The fraction of sp³-hybridized carbons (Fsp3) is 0.344. The highest BCUT2D eigenvalue weighted by atomic mass is 16.5. The number of piperidine rings is 1. The number of amides is 4. The van der Waals surface area contributed by atoms with Crippen molar-refractivity contribution in [3.8, 4) is 5.75 Å². The first-order valence-corrected chi connectivity index (χ1v) is 13.8. The minimum Gasteiger partial charge on any atom is -0.497 e. The third-order valence-corrected chi connectivity index (χ3v) is 7.93. The highest BCUT2D eigenvalue weighted by Gasteiger charge is 2.52. The van der Waals surface area contributed by atoms with Crippen LogP contribution in [0, 0.1) is 0 Å². The van der Waals surface area contributed by atoms with Crippen LogP contribution in [0.2, 0.25) is 0 Å². The van der Waals surface area contributed by atoms with Crippen molar-refractivity contribution in [2.75, 3.05) is 26.7 Å². The molecule has 40 heavy (non-hydrogen) atoms. The lowest BCUT2D eigenvalue weighted by molar-refractivity contribution is -0.133. The van der Waals surface area contributed by atoms with E-state index >= 15 is 0 Å². The lowest BCUT2D eigenvalue weighted by Gasteiger charge is -2.37. The van der Waals surface area contributed by atoms with Gasteiger partial charge in [-0.2, -0.15) is 0 Å². The zero-order chi connectivity index (χ0) is 28.0. The van der Waals surface area contributed by atoms with Crippen molar-refractivity contribution in [3.63, 3.8) is 0 Å². The summed E-state index contributed by atoms with van der Waals surface area (Å²) in [4.78, 5) is 42.7. The number of benzene rings is 3. The predicted molar refractivity (Wildman–Crippen MR) is 153 cm³/mol. The Kier molecular flexibility index (Phi) is 8.45. The minimum atomic E-state index is -0.844. The summed E-state index contributed by atoms with van der Waals surface area (Å²) in [5.74, 6) is 0.576. The molecule has 208 valence electrons. The summed E-state index contributed by atoms with van der Waals surface area (Å²) in [5.41, 5.74) is 2.09. The molecule has 0 saturated carbocycles. The Hall–Kier alpha value is -4.17. The van der Waals surface area contributed by atoms with E-state index in [4.69, 9.17) is 4.74 Å². The fourth-order valence-electron chi connectivity index (χ4n) is 5.58. The second-order valence-corrected chi connectivity index (χ2v) is 10.6. The van der Waals surface area contributed by atoms with Gasteiger partial charge in [0.1, 0.15) is 11.3 Å². The number of nitrogens with zero attached hydrogens (tertiary/aromatic N) is 2. The lowest BCUT2D eigenvalue weighted by atomic mass is 9.87. The SMILES string of the molecule is COc1ccc(CN2C(=O)NC3(CCN(CCC(NC(=O)Cc4ccccc4)c4ccccc4)CC3)C2=O)cc1. The van der Waals surface area contributed by atoms with Gasteiger partial charge in [-0.15, -0.1) is 0 Å². The summed E-state index contributed by atoms with van der Waals surface area (Å²) in [6, 6.07) is 26.7. The van der Waals surface area contributed by atoms with Crippen LogP contribution in [0.25, 0.3) is 0 Å². The zero-order valence-electron chi connectivity index (χ0n) is 22.8. The largest absolute Gasteiger partial charge is 0.497 e. The third-order valence-electron chi connectivity index (χ3n) is 7.93. The van der Waals surface area contributed by atoms with Crippen molar-refractivity contribution in [2.45, 2.75) is 43.8 Å². The van der Waals surface area contributed by atoms with E-state index in [1.807, 2.05) is 84.9 Å². The Bertz CT molecular complexity index is 1310. The number of methoxy groups -OCH3 is 1. The number of rotatable bonds is 10. The molecule has 2 aliphatic rings. The molecule has 0 bridgehead atoms. The normalized spacial score (nSPS) is 17.5. The average Bonchev–Trinajstić information content (AvgIpc) is 3.21. The van der Waals surface area contributed by atoms with Gasteiger partial charge in [0, 0.05) is 19.6 Å². The molecular formula is C32H36N4O4. The van der Waals surface area contributed by atoms with Crippen molar-refractivity contribution in [3.05, 3.63) is 102 Å². The van der Waals surface area contributed by atoms with Gasteiger partial charge in [0.2, 0.25) is 5.91 Å². The summed E-state index contributed by atoms with van der Waals surface area (Å²) in [6.45, 7) is 2.41. The number of nitrogens with one attached hydrogen (secondary N) is 2. The van der Waals surface area contributed by atoms with Crippen LogP contribution in [0.4, 0.5) is 4.79 Å². The molecule has 1 unspecified atom stereocenters. The first kappa shape index (κ1) is 27.4. The second kappa shape index (κ2) is 12.3. The third kappa shape index (κ3) is 6.34. The van der Waals surface area contributed by atoms with Gasteiger partial charge < -0.3 is 20.3 Å². The highest BCUT2D eigenvalue weighted by molar-refractivity contribution is 6.07. The molecule has 0 aromatic heterocycles. The number of hydrogen-bond acceptors (Lipinski definition) is 5. The van der Waals surface area contributed by atoms with Crippen LogP contribution in [0.1, 0.15) is 42.0 Å². The van der Waals surface area contributed by atoms with Crippen LogP contribution in [0.3, 0.4) is 0 Å². The molecule has 4 amide bonds. The molecule has 8 heteroatoms. The van der Waals surface area contributed by atoms with Crippen LogP contribution >= 0.6 is 0 Å². The van der Waals surface area contributed by atoms with E-state index in [2.05, 4.69) is 15.5 Å². The first-order valence-electron chi connectivity index (χ1n) is 13.8. The monoisotopic (exact) mass is 540 g/mol. The van der Waals surface area contributed by atoms with Gasteiger partial charge in [0.25, 0.3) is 5.91 Å². The molecule has 0 radical (unpaired) electrons. The van der Waals surface area contributed by atoms with Gasteiger partial charge in [-0.25, -0.2) is 4.79 Å². The van der Waals surface area contributed by atoms with Crippen LogP contribution in [-0.2, 0) is 22.6 Å². The Labute approximate surface area is 235 Å². The van der Waals surface area contributed by atoms with E-state index in [0.717, 1.165) is 35.4 Å². The minimum absolute atomic E-state index is 0.00568. The molecule has 1 atom stereocenters. The molecule has 2 heterocycles. The number of imide groups is 1. The Morgan fingerprint density at radius 2 is 1.57 bits per heavy atom. The maximum absolute atomic E-state index is 13.4. The average molecular weight is 541 g/mol. The van der Waals surface area contributed by atoms with Crippen molar-refractivity contribution in [2.24, 2.45) is 0 Å². The number of carbonyl (C=O) groups is 3. The second-order valence-electron chi connectivity index (χ2n) is 10.6. The van der Waals surface area contributed by atoms with Gasteiger partial charge in [-0.05, 0) is 48.1 Å². The van der Waals surface area contributed by atoms with Crippen molar-refractivity contribution >= 4 is 17.8 Å². The molecule has 1 spiro atoms. The summed E-state index contributed by atoms with van der Waals surface area (Å²) in [6.07, 6.45) is 2.22. The molecular weight excluding hydrogens is 504 g/mol. The maximum Gasteiger partial charge on any atom is 0.325 e. The number of likely N-dealkylation sites (tertiary alicyclic amines) is 1. The zero-order valence-corrected chi connectivity index (χ0v) is 22.8. The van der Waals surface area contributed by atoms with Gasteiger partial charge in [-0.1, -0.05) is 72.8 Å². The van der Waals surface area contributed by atoms with Gasteiger partial charge in [0.15, 0.2) is 0 Å². The van der Waals surface area contributed by atoms with E-state index < -0.39 is 5.54 Å². The van der Waals surface area contributed by atoms with Crippen molar-refractivity contribution in [1.82, 2.24) is 20.4 Å². The first-order chi connectivity index (χ1) is 19.5. The molecule has 2 fully saturated rings. The fourth-order valence-corrected chi connectivity index (χ4v) is 5.58. The molecule has 5 rings (SSSR count). The molecule has 2 saturated heterocycles. The standard InChI is InChI=1S/C32H36N4O4/c1-40-27-14-12-25(13-15-27)23-36-30(38)32(34-31(36)39)17-20-35(21-18-32)19-16-28(26-10-6-3-7-11-26)33-29(37)22-24-8-4-2-5-9-24/h2-15,28H,16-23H2,1H3,(H,33,37)(H,34,39). The molecule has 0 aliphatic carbocycles. The van der Waals surface area contributed by atoms with Crippen LogP contribution in [-0.4, -0.2) is 59.9 Å². The number of ether oxygens (including phenoxy) is 1. The Morgan fingerprint density at radius 1 is 0.925 bits per heavy atom. The van der Waals surface area contributed by atoms with E-state index in [-0.39, 0.29) is 30.4 Å². The number of carbonyl (C=O) groups excluding carboxylic acids is 3. The van der Waals surface area contributed by atoms with Gasteiger partial charge >= 0.3 is 6.03 Å². The van der Waals surface area contributed by atoms with Crippen molar-refractivity contribution < 1.29 is 19.1 Å². The molecule has 2 N–H and O–H groups in total. The summed E-state index contributed by atoms with van der Waals surface area (Å²) >= 11 is 0. The lowest BCUT2D eigenvalue weighted by Crippen LogP contribution is -2.55. The maximum atomic E-state index is 13.4. The summed E-state index contributed by atoms with van der Waals surface area (Å²) in [5, 5.41) is 6.23. The quantitative estimate of drug-likeness (QED) is 0.379. The van der Waals surface area contributed by atoms with E-state index in [1.54, 1.807) is 7.11 Å².